The van der Waals surface area contributed by atoms with Crippen molar-refractivity contribution < 1.29 is 14.3 Å². The maximum atomic E-state index is 12.6. The number of amides is 2. The highest BCUT2D eigenvalue weighted by Gasteiger charge is 2.13. The summed E-state index contributed by atoms with van der Waals surface area (Å²) >= 11 is 0. The number of nitrogens with one attached hydrogen (secondary N) is 2. The number of aromatic nitrogens is 1. The largest absolute Gasteiger partial charge is 0.497 e. The minimum Gasteiger partial charge on any atom is -0.497 e. The van der Waals surface area contributed by atoms with Crippen molar-refractivity contribution in [3.05, 3.63) is 89.2 Å². The van der Waals surface area contributed by atoms with Crippen molar-refractivity contribution in [3.63, 3.8) is 0 Å². The number of para-hydroxylation sites is 1. The predicted octanol–water partition coefficient (Wildman–Crippen LogP) is 3.83. The number of nitrogens with zero attached hydrogens (tertiary/aromatic N) is 1. The van der Waals surface area contributed by atoms with Crippen LogP contribution in [0, 0.1) is 0 Å². The number of methoxy groups -OCH3 is 1. The second-order valence-corrected chi connectivity index (χ2v) is 6.46. The van der Waals surface area contributed by atoms with Crippen LogP contribution < -0.4 is 15.4 Å². The molecule has 3 aromatic rings. The van der Waals surface area contributed by atoms with Crippen LogP contribution in [-0.2, 0) is 13.0 Å². The van der Waals surface area contributed by atoms with Crippen LogP contribution in [0.15, 0.2) is 67.0 Å². The van der Waals surface area contributed by atoms with Crippen molar-refractivity contribution in [1.29, 1.82) is 0 Å². The highest BCUT2D eigenvalue weighted by Crippen LogP contribution is 2.17. The van der Waals surface area contributed by atoms with E-state index in [1.54, 1.807) is 13.2 Å². The van der Waals surface area contributed by atoms with Crippen LogP contribution in [0.3, 0.4) is 0 Å². The Bertz CT molecular complexity index is 1000. The van der Waals surface area contributed by atoms with Gasteiger partial charge in [-0.05, 0) is 41.8 Å². The van der Waals surface area contributed by atoms with Crippen LogP contribution in [0.5, 0.6) is 5.75 Å². The van der Waals surface area contributed by atoms with Crippen molar-refractivity contribution in [2.24, 2.45) is 0 Å². The fourth-order valence-corrected chi connectivity index (χ4v) is 2.86. The van der Waals surface area contributed by atoms with Crippen molar-refractivity contribution >= 4 is 17.5 Å². The molecule has 2 N–H and O–H groups in total. The molecule has 0 atom stereocenters. The molecule has 0 aliphatic rings. The van der Waals surface area contributed by atoms with Gasteiger partial charge in [0, 0.05) is 24.6 Å². The van der Waals surface area contributed by atoms with E-state index in [-0.39, 0.29) is 11.8 Å². The third-order valence-corrected chi connectivity index (χ3v) is 4.52. The molecule has 148 valence electrons. The second kappa shape index (κ2) is 9.50. The standard InChI is InChI=1S/C23H23N3O3/c1-3-17-6-4-5-7-21(17)26-23(28)19-12-18(14-24-15-19)22(27)25-13-16-8-10-20(29-2)11-9-16/h4-12,14-15H,3,13H2,1-2H3,(H,25,27)(H,26,28). The van der Waals surface area contributed by atoms with E-state index in [0.717, 1.165) is 29.0 Å². The fraction of sp³-hybridized carbons (Fsp3) is 0.174. The summed E-state index contributed by atoms with van der Waals surface area (Å²) in [6.07, 6.45) is 3.70. The Balaban J connectivity index is 1.66. The first-order valence-corrected chi connectivity index (χ1v) is 9.36. The molecule has 0 bridgehead atoms. The van der Waals surface area contributed by atoms with E-state index in [2.05, 4.69) is 15.6 Å². The minimum atomic E-state index is -0.303. The van der Waals surface area contributed by atoms with Crippen molar-refractivity contribution in [3.8, 4) is 5.75 Å². The average Bonchev–Trinajstić information content (AvgIpc) is 2.78. The molecular formula is C23H23N3O3. The number of rotatable bonds is 7. The summed E-state index contributed by atoms with van der Waals surface area (Å²) < 4.78 is 5.12. The summed E-state index contributed by atoms with van der Waals surface area (Å²) in [5, 5.41) is 5.73. The molecule has 0 saturated heterocycles. The first-order chi connectivity index (χ1) is 14.1. The number of ether oxygens (including phenoxy) is 1. The molecule has 6 nitrogen and oxygen atoms in total. The van der Waals surface area contributed by atoms with E-state index in [1.165, 1.54) is 12.4 Å². The molecule has 1 heterocycles. The summed E-state index contributed by atoms with van der Waals surface area (Å²) in [6.45, 7) is 2.39. The van der Waals surface area contributed by atoms with Crippen LogP contribution in [-0.4, -0.2) is 23.9 Å². The maximum Gasteiger partial charge on any atom is 0.257 e. The van der Waals surface area contributed by atoms with Gasteiger partial charge < -0.3 is 15.4 Å². The van der Waals surface area contributed by atoms with E-state index in [0.29, 0.717) is 17.7 Å². The number of carbonyl (C=O) groups is 2. The van der Waals surface area contributed by atoms with Crippen LogP contribution in [0.1, 0.15) is 38.8 Å². The molecule has 2 aromatic carbocycles. The van der Waals surface area contributed by atoms with E-state index >= 15 is 0 Å². The molecular weight excluding hydrogens is 366 g/mol. The normalized spacial score (nSPS) is 10.3. The van der Waals surface area contributed by atoms with Crippen molar-refractivity contribution in [2.75, 3.05) is 12.4 Å². The van der Waals surface area contributed by atoms with Crippen LogP contribution in [0.25, 0.3) is 0 Å². The van der Waals surface area contributed by atoms with E-state index in [1.807, 2.05) is 55.5 Å². The number of pyridine rings is 1. The Morgan fingerprint density at radius 1 is 0.966 bits per heavy atom. The van der Waals surface area contributed by atoms with Gasteiger partial charge >= 0.3 is 0 Å². The Morgan fingerprint density at radius 2 is 1.66 bits per heavy atom. The highest BCUT2D eigenvalue weighted by molar-refractivity contribution is 6.06. The molecule has 0 saturated carbocycles. The number of carbonyl (C=O) groups excluding carboxylic acids is 2. The number of hydrogen-bond donors (Lipinski definition) is 2. The van der Waals surface area contributed by atoms with Crippen molar-refractivity contribution in [1.82, 2.24) is 10.3 Å². The lowest BCUT2D eigenvalue weighted by atomic mass is 10.1. The third-order valence-electron chi connectivity index (χ3n) is 4.52. The SMILES string of the molecule is CCc1ccccc1NC(=O)c1cncc(C(=O)NCc2ccc(OC)cc2)c1. The van der Waals surface area contributed by atoms with Crippen LogP contribution in [0.2, 0.25) is 0 Å². The number of hydrogen-bond acceptors (Lipinski definition) is 4. The van der Waals surface area contributed by atoms with Gasteiger partial charge in [-0.2, -0.15) is 0 Å². The zero-order chi connectivity index (χ0) is 20.6. The molecule has 0 aliphatic carbocycles. The van der Waals surface area contributed by atoms with Gasteiger partial charge in [-0.1, -0.05) is 37.3 Å². The number of aryl methyl sites for hydroxylation is 1. The zero-order valence-corrected chi connectivity index (χ0v) is 16.4. The van der Waals surface area contributed by atoms with E-state index in [4.69, 9.17) is 4.74 Å². The predicted molar refractivity (Wildman–Crippen MR) is 112 cm³/mol. The van der Waals surface area contributed by atoms with Gasteiger partial charge in [-0.25, -0.2) is 0 Å². The van der Waals surface area contributed by atoms with Gasteiger partial charge in [0.1, 0.15) is 5.75 Å². The Kier molecular flexibility index (Phi) is 6.58. The number of anilines is 1. The Morgan fingerprint density at radius 3 is 2.34 bits per heavy atom. The number of benzene rings is 2. The van der Waals surface area contributed by atoms with Gasteiger partial charge in [0.15, 0.2) is 0 Å². The van der Waals surface area contributed by atoms with Gasteiger partial charge in [-0.15, -0.1) is 0 Å². The van der Waals surface area contributed by atoms with Crippen molar-refractivity contribution in [2.45, 2.75) is 19.9 Å². The summed E-state index contributed by atoms with van der Waals surface area (Å²) in [7, 11) is 1.60. The molecule has 6 heteroatoms. The third kappa shape index (κ3) is 5.19. The van der Waals surface area contributed by atoms with Gasteiger partial charge in [0.2, 0.25) is 0 Å². The quantitative estimate of drug-likeness (QED) is 0.643. The Hall–Kier alpha value is -3.67. The Labute approximate surface area is 169 Å². The lowest BCUT2D eigenvalue weighted by Crippen LogP contribution is -2.23. The molecule has 0 spiro atoms. The molecule has 1 aromatic heterocycles. The lowest BCUT2D eigenvalue weighted by molar-refractivity contribution is 0.0950. The fourth-order valence-electron chi connectivity index (χ4n) is 2.86. The van der Waals surface area contributed by atoms with Crippen LogP contribution >= 0.6 is 0 Å². The second-order valence-electron chi connectivity index (χ2n) is 6.46. The summed E-state index contributed by atoms with van der Waals surface area (Å²) in [5.74, 6) is 0.160. The molecule has 0 radical (unpaired) electrons. The van der Waals surface area contributed by atoms with Crippen LogP contribution in [0.4, 0.5) is 5.69 Å². The first kappa shape index (κ1) is 20.1. The lowest BCUT2D eigenvalue weighted by Gasteiger charge is -2.10. The monoisotopic (exact) mass is 389 g/mol. The molecule has 3 rings (SSSR count). The summed E-state index contributed by atoms with van der Waals surface area (Å²) in [4.78, 5) is 29.1. The van der Waals surface area contributed by atoms with E-state index in [9.17, 15) is 9.59 Å². The first-order valence-electron chi connectivity index (χ1n) is 9.36. The minimum absolute atomic E-state index is 0.295. The zero-order valence-electron chi connectivity index (χ0n) is 16.4. The molecule has 0 fully saturated rings. The average molecular weight is 389 g/mol. The van der Waals surface area contributed by atoms with Gasteiger partial charge in [-0.3, -0.25) is 14.6 Å². The molecule has 0 unspecified atom stereocenters. The molecule has 2 amide bonds. The summed E-state index contributed by atoms with van der Waals surface area (Å²) in [5.41, 5.74) is 3.40. The molecule has 0 aliphatic heterocycles. The highest BCUT2D eigenvalue weighted by atomic mass is 16.5. The maximum absolute atomic E-state index is 12.6. The topological polar surface area (TPSA) is 80.3 Å². The smallest absolute Gasteiger partial charge is 0.257 e. The van der Waals surface area contributed by atoms with Gasteiger partial charge in [0.05, 0.1) is 18.2 Å². The van der Waals surface area contributed by atoms with Gasteiger partial charge in [0.25, 0.3) is 11.8 Å². The van der Waals surface area contributed by atoms with E-state index < -0.39 is 0 Å². The summed E-state index contributed by atoms with van der Waals surface area (Å²) in [6, 6.07) is 16.6. The molecule has 29 heavy (non-hydrogen) atoms.